The fourth-order valence-corrected chi connectivity index (χ4v) is 3.00. The third-order valence-corrected chi connectivity index (χ3v) is 4.22. The van der Waals surface area contributed by atoms with Gasteiger partial charge in [0.05, 0.1) is 0 Å². The van der Waals surface area contributed by atoms with Crippen LogP contribution in [0.2, 0.25) is 0 Å². The van der Waals surface area contributed by atoms with Crippen LogP contribution in [0.25, 0.3) is 0 Å². The third kappa shape index (κ3) is 3.50. The summed E-state index contributed by atoms with van der Waals surface area (Å²) in [6.07, 6.45) is 4.35. The fraction of sp³-hybridized carbons (Fsp3) is 0.500. The second kappa shape index (κ2) is 6.81. The number of carbonyl (C=O) groups is 1. The van der Waals surface area contributed by atoms with Crippen molar-refractivity contribution in [3.05, 3.63) is 35.9 Å². The van der Waals surface area contributed by atoms with Gasteiger partial charge in [0.2, 0.25) is 5.91 Å². The van der Waals surface area contributed by atoms with E-state index in [4.69, 9.17) is 0 Å². The van der Waals surface area contributed by atoms with Gasteiger partial charge in [0.15, 0.2) is 0 Å². The van der Waals surface area contributed by atoms with Crippen molar-refractivity contribution in [1.29, 1.82) is 0 Å². The molecule has 0 bridgehead atoms. The van der Waals surface area contributed by atoms with Crippen molar-refractivity contribution in [2.75, 3.05) is 19.3 Å². The summed E-state index contributed by atoms with van der Waals surface area (Å²) < 4.78 is 0. The van der Waals surface area contributed by atoms with E-state index < -0.39 is 0 Å². The Hall–Kier alpha value is -1.00. The SMILES string of the molecule is CSC(C(=O)NCC1CCCN1)c1ccccc1. The van der Waals surface area contributed by atoms with Crippen LogP contribution >= 0.6 is 11.8 Å². The van der Waals surface area contributed by atoms with Crippen LogP contribution in [0.1, 0.15) is 23.7 Å². The molecule has 0 aromatic heterocycles. The van der Waals surface area contributed by atoms with Gasteiger partial charge in [-0.05, 0) is 31.2 Å². The highest BCUT2D eigenvalue weighted by atomic mass is 32.2. The molecule has 98 valence electrons. The number of carbonyl (C=O) groups excluding carboxylic acids is 1. The van der Waals surface area contributed by atoms with Crippen LogP contribution in [0.5, 0.6) is 0 Å². The lowest BCUT2D eigenvalue weighted by Gasteiger charge is -2.17. The maximum absolute atomic E-state index is 12.2. The van der Waals surface area contributed by atoms with Gasteiger partial charge in [-0.1, -0.05) is 30.3 Å². The minimum Gasteiger partial charge on any atom is -0.353 e. The molecule has 1 amide bonds. The molecule has 1 aromatic rings. The Morgan fingerprint density at radius 2 is 2.28 bits per heavy atom. The lowest BCUT2D eigenvalue weighted by atomic mass is 10.1. The summed E-state index contributed by atoms with van der Waals surface area (Å²) in [5.41, 5.74) is 1.07. The molecule has 18 heavy (non-hydrogen) atoms. The van der Waals surface area contributed by atoms with Crippen molar-refractivity contribution in [2.45, 2.75) is 24.1 Å². The molecule has 1 aliphatic heterocycles. The number of thioether (sulfide) groups is 1. The summed E-state index contributed by atoms with van der Waals surface area (Å²) in [7, 11) is 0. The third-order valence-electron chi connectivity index (χ3n) is 3.26. The van der Waals surface area contributed by atoms with Crippen LogP contribution in [0, 0.1) is 0 Å². The Balaban J connectivity index is 1.89. The number of hydrogen-bond donors (Lipinski definition) is 2. The van der Waals surface area contributed by atoms with Crippen LogP contribution in [0.15, 0.2) is 30.3 Å². The monoisotopic (exact) mass is 264 g/mol. The highest BCUT2D eigenvalue weighted by Gasteiger charge is 2.21. The number of hydrogen-bond acceptors (Lipinski definition) is 3. The molecule has 0 aliphatic carbocycles. The van der Waals surface area contributed by atoms with Gasteiger partial charge in [-0.3, -0.25) is 4.79 Å². The number of rotatable bonds is 5. The van der Waals surface area contributed by atoms with Crippen LogP contribution in [-0.2, 0) is 4.79 Å². The zero-order chi connectivity index (χ0) is 12.8. The van der Waals surface area contributed by atoms with Crippen molar-refractivity contribution in [1.82, 2.24) is 10.6 Å². The van der Waals surface area contributed by atoms with E-state index in [2.05, 4.69) is 10.6 Å². The summed E-state index contributed by atoms with van der Waals surface area (Å²) >= 11 is 1.58. The average Bonchev–Trinajstić information content (AvgIpc) is 2.92. The number of nitrogens with one attached hydrogen (secondary N) is 2. The molecule has 0 radical (unpaired) electrons. The molecular weight excluding hydrogens is 244 g/mol. The highest BCUT2D eigenvalue weighted by molar-refractivity contribution is 7.99. The van der Waals surface area contributed by atoms with E-state index >= 15 is 0 Å². The summed E-state index contributed by atoms with van der Waals surface area (Å²) in [5, 5.41) is 6.33. The Morgan fingerprint density at radius 1 is 1.50 bits per heavy atom. The van der Waals surface area contributed by atoms with Crippen molar-refractivity contribution < 1.29 is 4.79 Å². The molecule has 1 heterocycles. The summed E-state index contributed by atoms with van der Waals surface area (Å²) in [5.74, 6) is 0.113. The van der Waals surface area contributed by atoms with E-state index in [9.17, 15) is 4.79 Å². The largest absolute Gasteiger partial charge is 0.353 e. The standard InChI is InChI=1S/C14H20N2OS/c1-18-13(11-6-3-2-4-7-11)14(17)16-10-12-8-5-9-15-12/h2-4,6-7,12-13,15H,5,8-10H2,1H3,(H,16,17). The summed E-state index contributed by atoms with van der Waals surface area (Å²) in [4.78, 5) is 12.2. The molecule has 2 unspecified atom stereocenters. The zero-order valence-corrected chi connectivity index (χ0v) is 11.5. The first-order valence-electron chi connectivity index (χ1n) is 6.40. The van der Waals surface area contributed by atoms with Crippen LogP contribution in [-0.4, -0.2) is 31.3 Å². The first kappa shape index (κ1) is 13.4. The molecule has 1 aliphatic rings. The second-order valence-corrected chi connectivity index (χ2v) is 5.51. The van der Waals surface area contributed by atoms with Gasteiger partial charge in [-0.15, -0.1) is 11.8 Å². The van der Waals surface area contributed by atoms with Crippen molar-refractivity contribution in [3.63, 3.8) is 0 Å². The zero-order valence-electron chi connectivity index (χ0n) is 10.7. The van der Waals surface area contributed by atoms with E-state index in [1.807, 2.05) is 36.6 Å². The second-order valence-electron chi connectivity index (χ2n) is 4.56. The molecule has 0 spiro atoms. The summed E-state index contributed by atoms with van der Waals surface area (Å²) in [6.45, 7) is 1.81. The highest BCUT2D eigenvalue weighted by Crippen LogP contribution is 2.26. The average molecular weight is 264 g/mol. The van der Waals surface area contributed by atoms with E-state index in [-0.39, 0.29) is 11.2 Å². The Labute approximate surface area is 113 Å². The van der Waals surface area contributed by atoms with Crippen molar-refractivity contribution in [3.8, 4) is 0 Å². The first-order chi connectivity index (χ1) is 8.81. The number of amides is 1. The van der Waals surface area contributed by atoms with E-state index in [1.165, 1.54) is 6.42 Å². The Morgan fingerprint density at radius 3 is 2.89 bits per heavy atom. The lowest BCUT2D eigenvalue weighted by Crippen LogP contribution is -2.38. The molecule has 3 nitrogen and oxygen atoms in total. The van der Waals surface area contributed by atoms with Gasteiger partial charge in [0.25, 0.3) is 0 Å². The predicted molar refractivity (Wildman–Crippen MR) is 76.7 cm³/mol. The van der Waals surface area contributed by atoms with Crippen LogP contribution in [0.4, 0.5) is 0 Å². The van der Waals surface area contributed by atoms with Gasteiger partial charge in [-0.2, -0.15) is 0 Å². The van der Waals surface area contributed by atoms with E-state index in [0.717, 1.165) is 25.1 Å². The normalized spacial score (nSPS) is 20.6. The van der Waals surface area contributed by atoms with Crippen molar-refractivity contribution in [2.24, 2.45) is 0 Å². The minimum absolute atomic E-state index is 0.104. The van der Waals surface area contributed by atoms with Crippen molar-refractivity contribution >= 4 is 17.7 Å². The van der Waals surface area contributed by atoms with Gasteiger partial charge >= 0.3 is 0 Å². The maximum atomic E-state index is 12.2. The van der Waals surface area contributed by atoms with Gasteiger partial charge in [0, 0.05) is 12.6 Å². The first-order valence-corrected chi connectivity index (χ1v) is 7.69. The van der Waals surface area contributed by atoms with Gasteiger partial charge in [-0.25, -0.2) is 0 Å². The van der Waals surface area contributed by atoms with Crippen LogP contribution in [0.3, 0.4) is 0 Å². The molecule has 4 heteroatoms. The molecule has 1 aromatic carbocycles. The van der Waals surface area contributed by atoms with Gasteiger partial charge < -0.3 is 10.6 Å². The van der Waals surface area contributed by atoms with E-state index in [0.29, 0.717) is 6.04 Å². The maximum Gasteiger partial charge on any atom is 0.237 e. The quantitative estimate of drug-likeness (QED) is 0.854. The summed E-state index contributed by atoms with van der Waals surface area (Å²) in [6, 6.07) is 10.4. The van der Waals surface area contributed by atoms with Gasteiger partial charge in [0.1, 0.15) is 5.25 Å². The molecule has 2 atom stereocenters. The van der Waals surface area contributed by atoms with Crippen LogP contribution < -0.4 is 10.6 Å². The minimum atomic E-state index is -0.104. The number of benzene rings is 1. The fourth-order valence-electron chi connectivity index (χ4n) is 2.27. The smallest absolute Gasteiger partial charge is 0.237 e. The molecule has 2 N–H and O–H groups in total. The molecule has 1 saturated heterocycles. The molecular formula is C14H20N2OS. The predicted octanol–water partition coefficient (Wildman–Crippen LogP) is 1.96. The lowest BCUT2D eigenvalue weighted by molar-refractivity contribution is -0.120. The Kier molecular flexibility index (Phi) is 5.08. The molecule has 0 saturated carbocycles. The molecule has 1 fully saturated rings. The van der Waals surface area contributed by atoms with E-state index in [1.54, 1.807) is 11.8 Å². The molecule has 2 rings (SSSR count). The topological polar surface area (TPSA) is 41.1 Å². The Bertz CT molecular complexity index is 377.